The molecule has 1 N–H and O–H groups in total. The predicted octanol–water partition coefficient (Wildman–Crippen LogP) is 2.93. The molecule has 17 heavy (non-hydrogen) atoms. The van der Waals surface area contributed by atoms with Crippen LogP contribution in [0.1, 0.15) is 36.3 Å². The van der Waals surface area contributed by atoms with Gasteiger partial charge in [0.1, 0.15) is 0 Å². The van der Waals surface area contributed by atoms with Gasteiger partial charge in [0.15, 0.2) is 5.13 Å². The fraction of sp³-hybridized carbons (Fsp3) is 0.538. The second-order valence-electron chi connectivity index (χ2n) is 4.76. The molecule has 1 aromatic rings. The number of nitrogens with zero attached hydrogens (tertiary/aromatic N) is 1. The quantitative estimate of drug-likeness (QED) is 0.836. The van der Waals surface area contributed by atoms with E-state index >= 15 is 0 Å². The van der Waals surface area contributed by atoms with Gasteiger partial charge >= 0.3 is 0 Å². The maximum absolute atomic E-state index is 11.8. The fourth-order valence-electron chi connectivity index (χ4n) is 2.52. The van der Waals surface area contributed by atoms with Crippen LogP contribution in [-0.4, -0.2) is 10.9 Å². The topological polar surface area (TPSA) is 42.0 Å². The van der Waals surface area contributed by atoms with Gasteiger partial charge in [-0.1, -0.05) is 12.2 Å². The van der Waals surface area contributed by atoms with Crippen molar-refractivity contribution in [1.82, 2.24) is 4.98 Å². The van der Waals surface area contributed by atoms with E-state index in [0.29, 0.717) is 12.3 Å². The van der Waals surface area contributed by atoms with Crippen molar-refractivity contribution in [2.45, 2.75) is 38.5 Å². The van der Waals surface area contributed by atoms with E-state index in [4.69, 9.17) is 0 Å². The number of hydrogen-bond donors (Lipinski definition) is 1. The second-order valence-corrected chi connectivity index (χ2v) is 5.84. The Morgan fingerprint density at radius 2 is 2.47 bits per heavy atom. The molecule has 0 saturated heterocycles. The van der Waals surface area contributed by atoms with Gasteiger partial charge in [0, 0.05) is 11.3 Å². The normalized spacial score (nSPS) is 21.8. The number of anilines is 1. The highest BCUT2D eigenvalue weighted by Crippen LogP contribution is 2.30. The van der Waals surface area contributed by atoms with Crippen LogP contribution in [0.2, 0.25) is 0 Å². The van der Waals surface area contributed by atoms with Crippen molar-refractivity contribution in [3.05, 3.63) is 22.7 Å². The summed E-state index contributed by atoms with van der Waals surface area (Å²) in [5, 5.41) is 3.73. The molecule has 3 rings (SSSR count). The van der Waals surface area contributed by atoms with Crippen LogP contribution in [-0.2, 0) is 17.6 Å². The third-order valence-corrected chi connectivity index (χ3v) is 4.47. The summed E-state index contributed by atoms with van der Waals surface area (Å²) in [6, 6.07) is 0. The highest BCUT2D eigenvalue weighted by molar-refractivity contribution is 7.15. The van der Waals surface area contributed by atoms with Crippen LogP contribution in [0, 0.1) is 5.92 Å². The van der Waals surface area contributed by atoms with Gasteiger partial charge in [-0.15, -0.1) is 11.3 Å². The predicted molar refractivity (Wildman–Crippen MR) is 69.2 cm³/mol. The Kier molecular flexibility index (Phi) is 2.97. The average Bonchev–Trinajstić information content (AvgIpc) is 2.92. The van der Waals surface area contributed by atoms with Crippen molar-refractivity contribution in [1.29, 1.82) is 0 Å². The molecular formula is C13H16N2OS. The molecule has 2 aliphatic carbocycles. The van der Waals surface area contributed by atoms with Crippen LogP contribution in [0.4, 0.5) is 5.13 Å². The van der Waals surface area contributed by atoms with Gasteiger partial charge in [-0.3, -0.25) is 4.79 Å². The van der Waals surface area contributed by atoms with Crippen LogP contribution in [0.15, 0.2) is 12.2 Å². The highest BCUT2D eigenvalue weighted by atomic mass is 32.1. The number of amides is 1. The number of rotatable bonds is 3. The van der Waals surface area contributed by atoms with Gasteiger partial charge in [-0.25, -0.2) is 4.98 Å². The number of fused-ring (bicyclic) bond motifs is 1. The first kappa shape index (κ1) is 11.0. The molecular weight excluding hydrogens is 232 g/mol. The van der Waals surface area contributed by atoms with Crippen molar-refractivity contribution in [3.8, 4) is 0 Å². The lowest BCUT2D eigenvalue weighted by Gasteiger charge is -2.06. The fourth-order valence-corrected chi connectivity index (χ4v) is 3.58. The molecule has 2 aliphatic rings. The number of thiazole rings is 1. The van der Waals surface area contributed by atoms with Crippen molar-refractivity contribution in [2.75, 3.05) is 5.32 Å². The van der Waals surface area contributed by atoms with E-state index in [2.05, 4.69) is 22.5 Å². The lowest BCUT2D eigenvalue weighted by Crippen LogP contribution is -2.14. The Hall–Kier alpha value is -1.16. The molecule has 0 aliphatic heterocycles. The summed E-state index contributed by atoms with van der Waals surface area (Å²) in [5.41, 5.74) is 1.20. The first-order valence-corrected chi connectivity index (χ1v) is 7.08. The molecule has 1 unspecified atom stereocenters. The van der Waals surface area contributed by atoms with Crippen LogP contribution in [0.3, 0.4) is 0 Å². The zero-order valence-corrected chi connectivity index (χ0v) is 10.6. The molecule has 3 nitrogen and oxygen atoms in total. The smallest absolute Gasteiger partial charge is 0.226 e. The number of hydrogen-bond acceptors (Lipinski definition) is 3. The molecule has 0 saturated carbocycles. The maximum atomic E-state index is 11.8. The minimum Gasteiger partial charge on any atom is -0.302 e. The molecule has 0 bridgehead atoms. The molecule has 1 amide bonds. The van der Waals surface area contributed by atoms with E-state index in [1.165, 1.54) is 17.0 Å². The number of carbonyl (C=O) groups is 1. The number of carbonyl (C=O) groups excluding carboxylic acids is 1. The van der Waals surface area contributed by atoms with Crippen LogP contribution in [0.25, 0.3) is 0 Å². The number of aromatic nitrogens is 1. The molecule has 0 fully saturated rings. The number of nitrogens with one attached hydrogen (secondary N) is 1. The Bertz CT molecular complexity index is 442. The SMILES string of the molecule is O=C(CC1C=CCC1)Nc1nc2c(s1)CCC2. The van der Waals surface area contributed by atoms with Gasteiger partial charge in [0.2, 0.25) is 5.91 Å². The van der Waals surface area contributed by atoms with E-state index in [9.17, 15) is 4.79 Å². The van der Waals surface area contributed by atoms with Gasteiger partial charge in [0.25, 0.3) is 0 Å². The molecule has 0 aromatic carbocycles. The first-order chi connectivity index (χ1) is 8.31. The Morgan fingerprint density at radius 1 is 1.53 bits per heavy atom. The van der Waals surface area contributed by atoms with Gasteiger partial charge in [-0.2, -0.15) is 0 Å². The summed E-state index contributed by atoms with van der Waals surface area (Å²) in [4.78, 5) is 17.7. The molecule has 1 atom stereocenters. The Morgan fingerprint density at radius 3 is 3.24 bits per heavy atom. The van der Waals surface area contributed by atoms with E-state index in [0.717, 1.165) is 30.8 Å². The minimum atomic E-state index is 0.106. The summed E-state index contributed by atoms with van der Waals surface area (Å²) in [6.45, 7) is 0. The Balaban J connectivity index is 1.58. The summed E-state index contributed by atoms with van der Waals surface area (Å²) in [7, 11) is 0. The molecule has 1 aromatic heterocycles. The lowest BCUT2D eigenvalue weighted by molar-refractivity contribution is -0.116. The monoisotopic (exact) mass is 248 g/mol. The van der Waals surface area contributed by atoms with Crippen LogP contribution < -0.4 is 5.32 Å². The van der Waals surface area contributed by atoms with E-state index in [-0.39, 0.29) is 5.91 Å². The standard InChI is InChI=1S/C13H16N2OS/c16-12(8-9-4-1-2-5-9)15-13-14-10-6-3-7-11(10)17-13/h1,4,9H,2-3,5-8H2,(H,14,15,16). The summed E-state index contributed by atoms with van der Waals surface area (Å²) < 4.78 is 0. The molecule has 0 radical (unpaired) electrons. The number of allylic oxidation sites excluding steroid dienone is 2. The zero-order chi connectivity index (χ0) is 11.7. The summed E-state index contributed by atoms with van der Waals surface area (Å²) >= 11 is 1.65. The molecule has 4 heteroatoms. The van der Waals surface area contributed by atoms with Gasteiger partial charge in [-0.05, 0) is 38.0 Å². The minimum absolute atomic E-state index is 0.106. The molecule has 1 heterocycles. The average molecular weight is 248 g/mol. The van der Waals surface area contributed by atoms with Gasteiger partial charge in [0.05, 0.1) is 5.69 Å². The first-order valence-electron chi connectivity index (χ1n) is 6.26. The number of aryl methyl sites for hydroxylation is 2. The molecule has 90 valence electrons. The van der Waals surface area contributed by atoms with Crippen LogP contribution in [0.5, 0.6) is 0 Å². The highest BCUT2D eigenvalue weighted by Gasteiger charge is 2.19. The Labute approximate surface area is 105 Å². The largest absolute Gasteiger partial charge is 0.302 e. The second kappa shape index (κ2) is 4.61. The summed E-state index contributed by atoms with van der Waals surface area (Å²) in [6.07, 6.45) is 10.6. The zero-order valence-electron chi connectivity index (χ0n) is 9.74. The molecule has 0 spiro atoms. The van der Waals surface area contributed by atoms with E-state index < -0.39 is 0 Å². The summed E-state index contributed by atoms with van der Waals surface area (Å²) in [5.74, 6) is 0.538. The third kappa shape index (κ3) is 2.41. The van der Waals surface area contributed by atoms with Crippen LogP contribution >= 0.6 is 11.3 Å². The van der Waals surface area contributed by atoms with Gasteiger partial charge < -0.3 is 5.32 Å². The third-order valence-electron chi connectivity index (χ3n) is 3.40. The maximum Gasteiger partial charge on any atom is 0.226 e. The lowest BCUT2D eigenvalue weighted by atomic mass is 10.1. The van der Waals surface area contributed by atoms with Crippen molar-refractivity contribution in [2.24, 2.45) is 5.92 Å². The van der Waals surface area contributed by atoms with E-state index in [1.54, 1.807) is 11.3 Å². The van der Waals surface area contributed by atoms with E-state index in [1.807, 2.05) is 0 Å². The van der Waals surface area contributed by atoms with Crippen molar-refractivity contribution >= 4 is 22.4 Å². The van der Waals surface area contributed by atoms with Crippen molar-refractivity contribution < 1.29 is 4.79 Å². The van der Waals surface area contributed by atoms with Crippen molar-refractivity contribution in [3.63, 3.8) is 0 Å².